The zero-order valence-electron chi connectivity index (χ0n) is 11.6. The molecule has 0 aromatic carbocycles. The van der Waals surface area contributed by atoms with E-state index in [1.165, 1.54) is 19.3 Å². The Bertz CT molecular complexity index is 167. The first-order valence-electron chi connectivity index (χ1n) is 6.64. The molecule has 0 saturated heterocycles. The highest BCUT2D eigenvalue weighted by molar-refractivity contribution is 4.84. The van der Waals surface area contributed by atoms with E-state index in [9.17, 15) is 0 Å². The Morgan fingerprint density at radius 3 is 2.07 bits per heavy atom. The van der Waals surface area contributed by atoms with E-state index < -0.39 is 0 Å². The lowest BCUT2D eigenvalue weighted by Gasteiger charge is -2.29. The van der Waals surface area contributed by atoms with Crippen molar-refractivity contribution in [3.05, 3.63) is 12.2 Å². The molecular formula is C15H30. The van der Waals surface area contributed by atoms with Crippen molar-refractivity contribution < 1.29 is 0 Å². The average Bonchev–Trinajstić information content (AvgIpc) is 2.21. The largest absolute Gasteiger partial charge is 0.0917 e. The van der Waals surface area contributed by atoms with Gasteiger partial charge in [0.2, 0.25) is 0 Å². The van der Waals surface area contributed by atoms with Gasteiger partial charge in [0.1, 0.15) is 0 Å². The Morgan fingerprint density at radius 2 is 1.67 bits per heavy atom. The van der Waals surface area contributed by atoms with E-state index in [0.29, 0.717) is 0 Å². The van der Waals surface area contributed by atoms with Crippen molar-refractivity contribution in [2.24, 2.45) is 23.7 Å². The molecule has 0 heteroatoms. The van der Waals surface area contributed by atoms with Crippen LogP contribution in [0.1, 0.15) is 60.8 Å². The first kappa shape index (κ1) is 14.7. The highest BCUT2D eigenvalue weighted by atomic mass is 14.3. The molecule has 0 aromatic heterocycles. The number of hydrogen-bond acceptors (Lipinski definition) is 0. The summed E-state index contributed by atoms with van der Waals surface area (Å²) in [6.07, 6.45) is 8.48. The van der Waals surface area contributed by atoms with Gasteiger partial charge in [-0.05, 0) is 43.4 Å². The van der Waals surface area contributed by atoms with Crippen molar-refractivity contribution in [3.63, 3.8) is 0 Å². The second kappa shape index (κ2) is 7.96. The summed E-state index contributed by atoms with van der Waals surface area (Å²) in [5, 5.41) is 0. The fourth-order valence-corrected chi connectivity index (χ4v) is 2.28. The maximum atomic E-state index is 2.44. The van der Waals surface area contributed by atoms with Gasteiger partial charge in [-0.15, -0.1) is 0 Å². The molecule has 0 rings (SSSR count). The Kier molecular flexibility index (Phi) is 7.82. The second-order valence-corrected chi connectivity index (χ2v) is 5.44. The molecule has 90 valence electrons. The van der Waals surface area contributed by atoms with Gasteiger partial charge in [0.25, 0.3) is 0 Å². The third kappa shape index (κ3) is 6.02. The van der Waals surface area contributed by atoms with Crippen molar-refractivity contribution in [2.75, 3.05) is 0 Å². The molecular weight excluding hydrogens is 180 g/mol. The quantitative estimate of drug-likeness (QED) is 0.500. The number of hydrogen-bond donors (Lipinski definition) is 0. The molecule has 0 nitrogen and oxygen atoms in total. The zero-order valence-corrected chi connectivity index (χ0v) is 11.6. The van der Waals surface area contributed by atoms with Gasteiger partial charge in [0, 0.05) is 0 Å². The predicted octanol–water partition coefficient (Wildman–Crippen LogP) is 5.30. The van der Waals surface area contributed by atoms with Gasteiger partial charge in [-0.3, -0.25) is 0 Å². The lowest BCUT2D eigenvalue weighted by Crippen LogP contribution is -2.20. The van der Waals surface area contributed by atoms with Crippen molar-refractivity contribution in [1.29, 1.82) is 0 Å². The minimum Gasteiger partial charge on any atom is -0.0917 e. The van der Waals surface area contributed by atoms with E-state index in [1.807, 2.05) is 0 Å². The smallest absolute Gasteiger partial charge is 0.0320 e. The molecule has 15 heavy (non-hydrogen) atoms. The molecule has 0 bridgehead atoms. The maximum Gasteiger partial charge on any atom is -0.0320 e. The molecule has 0 aromatic rings. The molecule has 0 fully saturated rings. The Labute approximate surface area is 97.2 Å². The molecule has 0 amide bonds. The molecule has 0 radical (unpaired) electrons. The SMILES string of the molecule is CC=CCC(CC(C)C)C(C)C(C)CC. The van der Waals surface area contributed by atoms with Gasteiger partial charge in [-0.25, -0.2) is 0 Å². The Balaban J connectivity index is 4.32. The van der Waals surface area contributed by atoms with Crippen molar-refractivity contribution in [1.82, 2.24) is 0 Å². The maximum absolute atomic E-state index is 2.44. The van der Waals surface area contributed by atoms with Crippen LogP contribution in [0.2, 0.25) is 0 Å². The number of rotatable bonds is 7. The van der Waals surface area contributed by atoms with Crippen LogP contribution in [0.3, 0.4) is 0 Å². The summed E-state index contributed by atoms with van der Waals surface area (Å²) in [6.45, 7) is 13.9. The molecule has 3 atom stereocenters. The third-order valence-corrected chi connectivity index (χ3v) is 3.73. The average molecular weight is 210 g/mol. The van der Waals surface area contributed by atoms with Gasteiger partial charge in [0.05, 0.1) is 0 Å². The summed E-state index contributed by atoms with van der Waals surface area (Å²) in [5.41, 5.74) is 0. The van der Waals surface area contributed by atoms with Gasteiger partial charge in [0.15, 0.2) is 0 Å². The highest BCUT2D eigenvalue weighted by Crippen LogP contribution is 2.31. The van der Waals surface area contributed by atoms with Crippen LogP contribution in [0.15, 0.2) is 12.2 Å². The second-order valence-electron chi connectivity index (χ2n) is 5.44. The first-order valence-corrected chi connectivity index (χ1v) is 6.64. The summed E-state index contributed by atoms with van der Waals surface area (Å²) in [4.78, 5) is 0. The monoisotopic (exact) mass is 210 g/mol. The molecule has 3 unspecified atom stereocenters. The molecule has 0 saturated carbocycles. The van der Waals surface area contributed by atoms with Crippen LogP contribution < -0.4 is 0 Å². The highest BCUT2D eigenvalue weighted by Gasteiger charge is 2.21. The van der Waals surface area contributed by atoms with E-state index in [1.54, 1.807) is 0 Å². The van der Waals surface area contributed by atoms with Gasteiger partial charge in [-0.2, -0.15) is 0 Å². The fraction of sp³-hybridized carbons (Fsp3) is 0.867. The Hall–Kier alpha value is -0.260. The van der Waals surface area contributed by atoms with Crippen LogP contribution in [0, 0.1) is 23.7 Å². The minimum absolute atomic E-state index is 0.826. The van der Waals surface area contributed by atoms with Gasteiger partial charge in [-0.1, -0.05) is 53.2 Å². The molecule has 0 heterocycles. The van der Waals surface area contributed by atoms with Crippen LogP contribution in [0.5, 0.6) is 0 Å². The van der Waals surface area contributed by atoms with Gasteiger partial charge < -0.3 is 0 Å². The summed E-state index contributed by atoms with van der Waals surface area (Å²) < 4.78 is 0. The molecule has 0 aliphatic rings. The minimum atomic E-state index is 0.826. The summed E-state index contributed by atoms with van der Waals surface area (Å²) in [7, 11) is 0. The van der Waals surface area contributed by atoms with Crippen molar-refractivity contribution in [3.8, 4) is 0 Å². The topological polar surface area (TPSA) is 0 Å². The molecule has 0 aliphatic carbocycles. The van der Waals surface area contributed by atoms with Gasteiger partial charge >= 0.3 is 0 Å². The van der Waals surface area contributed by atoms with E-state index in [4.69, 9.17) is 0 Å². The molecule has 0 spiro atoms. The van der Waals surface area contributed by atoms with Crippen LogP contribution in [-0.4, -0.2) is 0 Å². The van der Waals surface area contributed by atoms with E-state index in [2.05, 4.69) is 53.7 Å². The van der Waals surface area contributed by atoms with Crippen molar-refractivity contribution in [2.45, 2.75) is 60.8 Å². The van der Waals surface area contributed by atoms with Crippen molar-refractivity contribution >= 4 is 0 Å². The fourth-order valence-electron chi connectivity index (χ4n) is 2.28. The third-order valence-electron chi connectivity index (χ3n) is 3.73. The van der Waals surface area contributed by atoms with E-state index >= 15 is 0 Å². The molecule has 0 N–H and O–H groups in total. The van der Waals surface area contributed by atoms with E-state index in [-0.39, 0.29) is 0 Å². The lowest BCUT2D eigenvalue weighted by molar-refractivity contribution is 0.225. The summed E-state index contributed by atoms with van der Waals surface area (Å²) in [5.74, 6) is 3.41. The zero-order chi connectivity index (χ0) is 11.8. The first-order chi connectivity index (χ1) is 7.02. The predicted molar refractivity (Wildman–Crippen MR) is 71.0 cm³/mol. The van der Waals surface area contributed by atoms with E-state index in [0.717, 1.165) is 23.7 Å². The number of allylic oxidation sites excluding steroid dienone is 2. The summed E-state index contributed by atoms with van der Waals surface area (Å²) >= 11 is 0. The molecule has 0 aliphatic heterocycles. The normalized spacial score (nSPS) is 18.3. The van der Waals surface area contributed by atoms with Crippen LogP contribution in [-0.2, 0) is 0 Å². The van der Waals surface area contributed by atoms with Crippen LogP contribution >= 0.6 is 0 Å². The van der Waals surface area contributed by atoms with Crippen LogP contribution in [0.25, 0.3) is 0 Å². The standard InChI is InChI=1S/C15H30/c1-7-9-10-15(11-12(3)4)14(6)13(5)8-2/h7,9,12-15H,8,10-11H2,1-6H3. The Morgan fingerprint density at radius 1 is 1.07 bits per heavy atom. The lowest BCUT2D eigenvalue weighted by atomic mass is 9.77. The summed E-state index contributed by atoms with van der Waals surface area (Å²) in [6, 6.07) is 0. The van der Waals surface area contributed by atoms with Crippen LogP contribution in [0.4, 0.5) is 0 Å².